The zero-order valence-electron chi connectivity index (χ0n) is 7.61. The maximum absolute atomic E-state index is 12.0. The summed E-state index contributed by atoms with van der Waals surface area (Å²) in [4.78, 5) is 4.53. The zero-order chi connectivity index (χ0) is 10.6. The Balaban J connectivity index is 2.91. The fourth-order valence-corrected chi connectivity index (χ4v) is 1.09. The molecule has 5 heteroatoms. The molecule has 2 N–H and O–H groups in total. The average Bonchev–Trinajstić information content (AvgIpc) is 2.16. The van der Waals surface area contributed by atoms with E-state index in [0.717, 1.165) is 0 Å². The highest BCUT2D eigenvalue weighted by Crippen LogP contribution is 2.27. The van der Waals surface area contributed by atoms with E-state index in [0.29, 0.717) is 5.56 Å². The lowest BCUT2D eigenvalue weighted by Crippen LogP contribution is -2.09. The summed E-state index contributed by atoms with van der Waals surface area (Å²) in [6.45, 7) is -1.20. The lowest BCUT2D eigenvalue weighted by Gasteiger charge is -2.14. The van der Waals surface area contributed by atoms with Gasteiger partial charge in [-0.25, -0.2) is 5.90 Å². The van der Waals surface area contributed by atoms with Crippen LogP contribution in [-0.4, -0.2) is 6.61 Å². The Hall–Kier alpha value is -1.20. The van der Waals surface area contributed by atoms with Crippen LogP contribution in [0.3, 0.4) is 0 Å². The Morgan fingerprint density at radius 2 is 1.93 bits per heavy atom. The summed E-state index contributed by atoms with van der Waals surface area (Å²) >= 11 is 0. The molecule has 0 radical (unpaired) electrons. The zero-order valence-corrected chi connectivity index (χ0v) is 7.61. The summed E-state index contributed by atoms with van der Waals surface area (Å²) in [5.74, 6) is 5.04. The number of para-hydroxylation sites is 1. The number of rotatable bonds is 4. The second kappa shape index (κ2) is 4.88. The van der Waals surface area contributed by atoms with Crippen LogP contribution in [0.4, 0.5) is 8.78 Å². The van der Waals surface area contributed by atoms with Crippen molar-refractivity contribution in [3.8, 4) is 5.75 Å². The highest BCUT2D eigenvalue weighted by Gasteiger charge is 2.13. The molecule has 0 saturated carbocycles. The molecule has 1 aromatic rings. The molecule has 0 heterocycles. The molecule has 1 rings (SSSR count). The van der Waals surface area contributed by atoms with Crippen molar-refractivity contribution in [3.63, 3.8) is 0 Å². The molecule has 3 nitrogen and oxygen atoms in total. The second-order valence-electron chi connectivity index (χ2n) is 2.69. The van der Waals surface area contributed by atoms with Gasteiger partial charge in [0.1, 0.15) is 11.9 Å². The van der Waals surface area contributed by atoms with Crippen molar-refractivity contribution in [2.24, 2.45) is 5.90 Å². The molecule has 0 aliphatic rings. The van der Waals surface area contributed by atoms with E-state index in [9.17, 15) is 8.78 Å². The quantitative estimate of drug-likeness (QED) is 0.763. The van der Waals surface area contributed by atoms with Gasteiger partial charge in [0.05, 0.1) is 0 Å². The van der Waals surface area contributed by atoms with Gasteiger partial charge in [0.2, 0.25) is 0 Å². The normalized spacial score (nSPS) is 12.9. The van der Waals surface area contributed by atoms with Crippen LogP contribution in [0.25, 0.3) is 0 Å². The molecule has 0 fully saturated rings. The number of hydrogen-bond donors (Lipinski definition) is 1. The van der Waals surface area contributed by atoms with Gasteiger partial charge in [-0.1, -0.05) is 18.2 Å². The fraction of sp³-hybridized carbons (Fsp3) is 0.333. The van der Waals surface area contributed by atoms with Gasteiger partial charge in [0, 0.05) is 5.56 Å². The summed E-state index contributed by atoms with van der Waals surface area (Å²) < 4.78 is 28.2. The van der Waals surface area contributed by atoms with Gasteiger partial charge >= 0.3 is 6.61 Å². The van der Waals surface area contributed by atoms with Crippen molar-refractivity contribution in [2.75, 3.05) is 0 Å². The van der Waals surface area contributed by atoms with Crippen molar-refractivity contribution in [1.29, 1.82) is 0 Å². The standard InChI is InChI=1S/C9H11F2NO2/c1-6(14-12)7-4-2-3-5-8(7)13-9(10)11/h2-6,9H,12H2,1H3. The molecule has 0 aliphatic carbocycles. The van der Waals surface area contributed by atoms with E-state index in [2.05, 4.69) is 9.57 Å². The Labute approximate surface area is 80.4 Å². The highest BCUT2D eigenvalue weighted by molar-refractivity contribution is 5.34. The van der Waals surface area contributed by atoms with E-state index in [1.165, 1.54) is 6.07 Å². The maximum Gasteiger partial charge on any atom is 0.387 e. The van der Waals surface area contributed by atoms with Crippen molar-refractivity contribution >= 4 is 0 Å². The minimum Gasteiger partial charge on any atom is -0.434 e. The fourth-order valence-electron chi connectivity index (χ4n) is 1.09. The number of ether oxygens (including phenoxy) is 1. The lowest BCUT2D eigenvalue weighted by atomic mass is 10.1. The smallest absolute Gasteiger partial charge is 0.387 e. The molecule has 1 atom stereocenters. The predicted molar refractivity (Wildman–Crippen MR) is 46.8 cm³/mol. The van der Waals surface area contributed by atoms with Crippen LogP contribution in [0.5, 0.6) is 5.75 Å². The topological polar surface area (TPSA) is 44.5 Å². The first-order valence-electron chi connectivity index (χ1n) is 4.04. The van der Waals surface area contributed by atoms with E-state index >= 15 is 0 Å². The first-order valence-corrected chi connectivity index (χ1v) is 4.04. The van der Waals surface area contributed by atoms with Crippen molar-refractivity contribution in [3.05, 3.63) is 29.8 Å². The summed E-state index contributed by atoms with van der Waals surface area (Å²) in [6.07, 6.45) is -0.482. The van der Waals surface area contributed by atoms with E-state index in [1.807, 2.05) is 0 Å². The first-order chi connectivity index (χ1) is 6.65. The monoisotopic (exact) mass is 203 g/mol. The minimum absolute atomic E-state index is 0.0838. The van der Waals surface area contributed by atoms with Gasteiger partial charge in [-0.2, -0.15) is 8.78 Å². The molecule has 0 bridgehead atoms. The lowest BCUT2D eigenvalue weighted by molar-refractivity contribution is -0.0524. The molecule has 1 unspecified atom stereocenters. The molecule has 0 aliphatic heterocycles. The van der Waals surface area contributed by atoms with Gasteiger partial charge in [-0.3, -0.25) is 4.84 Å². The highest BCUT2D eigenvalue weighted by atomic mass is 19.3. The number of alkyl halides is 2. The van der Waals surface area contributed by atoms with Crippen LogP contribution in [-0.2, 0) is 4.84 Å². The van der Waals surface area contributed by atoms with Gasteiger partial charge in [-0.05, 0) is 13.0 Å². The Bertz CT molecular complexity index is 294. The molecule has 0 saturated heterocycles. The summed E-state index contributed by atoms with van der Waals surface area (Å²) in [7, 11) is 0. The molecular weight excluding hydrogens is 192 g/mol. The van der Waals surface area contributed by atoms with Crippen molar-refractivity contribution < 1.29 is 18.4 Å². The van der Waals surface area contributed by atoms with Crippen LogP contribution in [0.1, 0.15) is 18.6 Å². The van der Waals surface area contributed by atoms with Crippen LogP contribution in [0.15, 0.2) is 24.3 Å². The number of benzene rings is 1. The average molecular weight is 203 g/mol. The third-order valence-electron chi connectivity index (χ3n) is 1.78. The predicted octanol–water partition coefficient (Wildman–Crippen LogP) is 2.24. The molecule has 0 spiro atoms. The largest absolute Gasteiger partial charge is 0.434 e. The van der Waals surface area contributed by atoms with Gasteiger partial charge in [0.25, 0.3) is 0 Å². The summed E-state index contributed by atoms with van der Waals surface area (Å²) in [5.41, 5.74) is 0.496. The Morgan fingerprint density at radius 3 is 2.50 bits per heavy atom. The van der Waals surface area contributed by atoms with Gasteiger partial charge in [0.15, 0.2) is 0 Å². The third-order valence-corrected chi connectivity index (χ3v) is 1.78. The van der Waals surface area contributed by atoms with Crippen LogP contribution in [0, 0.1) is 0 Å². The second-order valence-corrected chi connectivity index (χ2v) is 2.69. The van der Waals surface area contributed by atoms with Crippen LogP contribution in [0.2, 0.25) is 0 Å². The van der Waals surface area contributed by atoms with E-state index in [1.54, 1.807) is 25.1 Å². The van der Waals surface area contributed by atoms with Gasteiger partial charge < -0.3 is 4.74 Å². The van der Waals surface area contributed by atoms with Crippen LogP contribution >= 0.6 is 0 Å². The SMILES string of the molecule is CC(ON)c1ccccc1OC(F)F. The number of halogens is 2. The van der Waals surface area contributed by atoms with E-state index in [4.69, 9.17) is 5.90 Å². The Kier molecular flexibility index (Phi) is 3.79. The minimum atomic E-state index is -2.85. The molecule has 0 aromatic heterocycles. The number of hydrogen-bond acceptors (Lipinski definition) is 3. The first kappa shape index (κ1) is 10.9. The molecular formula is C9H11F2NO2. The maximum atomic E-state index is 12.0. The Morgan fingerprint density at radius 1 is 1.29 bits per heavy atom. The van der Waals surface area contributed by atoms with Crippen molar-refractivity contribution in [1.82, 2.24) is 0 Å². The third kappa shape index (κ3) is 2.65. The van der Waals surface area contributed by atoms with E-state index < -0.39 is 12.7 Å². The van der Waals surface area contributed by atoms with Crippen LogP contribution < -0.4 is 10.6 Å². The van der Waals surface area contributed by atoms with Gasteiger partial charge in [-0.15, -0.1) is 0 Å². The summed E-state index contributed by atoms with van der Waals surface area (Å²) in [5, 5.41) is 0. The number of nitrogens with two attached hydrogens (primary N) is 1. The summed E-state index contributed by atoms with van der Waals surface area (Å²) in [6, 6.07) is 6.36. The van der Waals surface area contributed by atoms with E-state index in [-0.39, 0.29) is 5.75 Å². The molecule has 78 valence electrons. The molecule has 0 amide bonds. The van der Waals surface area contributed by atoms with Crippen molar-refractivity contribution in [2.45, 2.75) is 19.6 Å². The molecule has 14 heavy (non-hydrogen) atoms. The molecule has 1 aromatic carbocycles.